The van der Waals surface area contributed by atoms with Gasteiger partial charge in [0.15, 0.2) is 0 Å². The quantitative estimate of drug-likeness (QED) is 0.905. The van der Waals surface area contributed by atoms with E-state index in [0.717, 1.165) is 5.69 Å². The van der Waals surface area contributed by atoms with Crippen molar-refractivity contribution in [2.75, 3.05) is 12.4 Å². The summed E-state index contributed by atoms with van der Waals surface area (Å²) in [6, 6.07) is 14.2. The molecule has 2 aromatic carbocycles. The van der Waals surface area contributed by atoms with Crippen LogP contribution in [-0.2, 0) is 0 Å². The van der Waals surface area contributed by atoms with Crippen LogP contribution >= 0.6 is 0 Å². The third kappa shape index (κ3) is 3.35. The summed E-state index contributed by atoms with van der Waals surface area (Å²) in [5.41, 5.74) is 5.27. The minimum absolute atomic E-state index is 0.160. The molecule has 0 amide bonds. The zero-order chi connectivity index (χ0) is 15.4. The maximum Gasteiger partial charge on any atom is 0.143 e. The predicted molar refractivity (Wildman–Crippen MR) is 85.7 cm³/mol. The van der Waals surface area contributed by atoms with E-state index in [1.807, 2.05) is 6.07 Å². The van der Waals surface area contributed by atoms with Gasteiger partial charge in [-0.05, 0) is 44.0 Å². The number of anilines is 1. The molecule has 0 aliphatic carbocycles. The van der Waals surface area contributed by atoms with Crippen molar-refractivity contribution < 1.29 is 4.74 Å². The monoisotopic (exact) mass is 280 g/mol. The van der Waals surface area contributed by atoms with Gasteiger partial charge in [-0.2, -0.15) is 5.26 Å². The lowest BCUT2D eigenvalue weighted by Gasteiger charge is -2.20. The zero-order valence-corrected chi connectivity index (χ0v) is 12.9. The van der Waals surface area contributed by atoms with E-state index in [9.17, 15) is 0 Å². The molecule has 0 aliphatic heterocycles. The molecular weight excluding hydrogens is 260 g/mol. The Hall–Kier alpha value is -2.47. The molecule has 0 saturated carbocycles. The second kappa shape index (κ2) is 6.32. The Morgan fingerprint density at radius 1 is 1.14 bits per heavy atom. The van der Waals surface area contributed by atoms with Crippen LogP contribution in [0.4, 0.5) is 5.69 Å². The van der Waals surface area contributed by atoms with Crippen LogP contribution < -0.4 is 10.1 Å². The van der Waals surface area contributed by atoms with Crippen LogP contribution in [0.5, 0.6) is 5.75 Å². The Morgan fingerprint density at radius 3 is 2.52 bits per heavy atom. The fraction of sp³-hybridized carbons (Fsp3) is 0.278. The molecule has 0 bridgehead atoms. The SMILES string of the molecule is COc1cc(C#N)ccc1NC(C)c1ccc(C)cc1C. The molecule has 0 spiro atoms. The van der Waals surface area contributed by atoms with Crippen molar-refractivity contribution in [3.63, 3.8) is 0 Å². The number of hydrogen-bond acceptors (Lipinski definition) is 3. The lowest BCUT2D eigenvalue weighted by Crippen LogP contribution is -2.09. The molecule has 2 rings (SSSR count). The number of hydrogen-bond donors (Lipinski definition) is 1. The van der Waals surface area contributed by atoms with Crippen molar-refractivity contribution in [1.29, 1.82) is 5.26 Å². The number of aryl methyl sites for hydroxylation is 2. The van der Waals surface area contributed by atoms with E-state index in [1.54, 1.807) is 19.2 Å². The number of nitrogens with zero attached hydrogens (tertiary/aromatic N) is 1. The van der Waals surface area contributed by atoms with Gasteiger partial charge < -0.3 is 10.1 Å². The Kier molecular flexibility index (Phi) is 4.49. The zero-order valence-electron chi connectivity index (χ0n) is 12.9. The number of rotatable bonds is 4. The third-order valence-corrected chi connectivity index (χ3v) is 3.59. The van der Waals surface area contributed by atoms with Crippen LogP contribution in [-0.4, -0.2) is 7.11 Å². The molecule has 21 heavy (non-hydrogen) atoms. The van der Waals surface area contributed by atoms with Crippen LogP contribution in [0.3, 0.4) is 0 Å². The first-order chi connectivity index (χ1) is 10.0. The highest BCUT2D eigenvalue weighted by Gasteiger charge is 2.11. The summed E-state index contributed by atoms with van der Waals surface area (Å²) in [6.07, 6.45) is 0. The first kappa shape index (κ1) is 14.9. The summed E-state index contributed by atoms with van der Waals surface area (Å²) in [7, 11) is 1.61. The lowest BCUT2D eigenvalue weighted by molar-refractivity contribution is 0.416. The number of ether oxygens (including phenoxy) is 1. The summed E-state index contributed by atoms with van der Waals surface area (Å²) < 4.78 is 5.36. The first-order valence-electron chi connectivity index (χ1n) is 6.97. The van der Waals surface area contributed by atoms with Gasteiger partial charge in [-0.1, -0.05) is 23.8 Å². The van der Waals surface area contributed by atoms with Crippen molar-refractivity contribution in [3.8, 4) is 11.8 Å². The number of nitriles is 1. The number of nitrogens with one attached hydrogen (secondary N) is 1. The van der Waals surface area contributed by atoms with Crippen molar-refractivity contribution >= 4 is 5.69 Å². The van der Waals surface area contributed by atoms with Crippen LogP contribution in [0.2, 0.25) is 0 Å². The van der Waals surface area contributed by atoms with Crippen molar-refractivity contribution in [2.45, 2.75) is 26.8 Å². The van der Waals surface area contributed by atoms with Gasteiger partial charge in [-0.3, -0.25) is 0 Å². The van der Waals surface area contributed by atoms with E-state index >= 15 is 0 Å². The smallest absolute Gasteiger partial charge is 0.143 e. The highest BCUT2D eigenvalue weighted by molar-refractivity contribution is 5.60. The maximum absolute atomic E-state index is 8.94. The van der Waals surface area contributed by atoms with Crippen LogP contribution in [0.1, 0.15) is 35.2 Å². The minimum atomic E-state index is 0.160. The highest BCUT2D eigenvalue weighted by atomic mass is 16.5. The molecule has 0 radical (unpaired) electrons. The summed E-state index contributed by atoms with van der Waals surface area (Å²) in [6.45, 7) is 6.34. The third-order valence-electron chi connectivity index (χ3n) is 3.59. The normalized spacial score (nSPS) is 11.6. The molecule has 1 atom stereocenters. The molecule has 0 aromatic heterocycles. The van der Waals surface area contributed by atoms with Gasteiger partial charge >= 0.3 is 0 Å². The van der Waals surface area contributed by atoms with E-state index in [2.05, 4.69) is 50.4 Å². The molecule has 0 fully saturated rings. The summed E-state index contributed by atoms with van der Waals surface area (Å²) in [5.74, 6) is 0.686. The van der Waals surface area contributed by atoms with Crippen molar-refractivity contribution in [1.82, 2.24) is 0 Å². The van der Waals surface area contributed by atoms with Gasteiger partial charge in [-0.25, -0.2) is 0 Å². The average molecular weight is 280 g/mol. The summed E-state index contributed by atoms with van der Waals surface area (Å²) in [5, 5.41) is 12.4. The Bertz CT molecular complexity index is 686. The molecule has 0 aliphatic rings. The fourth-order valence-corrected chi connectivity index (χ4v) is 2.50. The Morgan fingerprint density at radius 2 is 1.90 bits per heavy atom. The molecule has 3 heteroatoms. The number of methoxy groups -OCH3 is 1. The van der Waals surface area contributed by atoms with Gasteiger partial charge in [-0.15, -0.1) is 0 Å². The highest BCUT2D eigenvalue weighted by Crippen LogP contribution is 2.30. The van der Waals surface area contributed by atoms with Crippen LogP contribution in [0, 0.1) is 25.2 Å². The molecule has 3 nitrogen and oxygen atoms in total. The summed E-state index contributed by atoms with van der Waals surface area (Å²) in [4.78, 5) is 0. The van der Waals surface area contributed by atoms with Gasteiger partial charge in [0.05, 0.1) is 24.4 Å². The van der Waals surface area contributed by atoms with Crippen LogP contribution in [0.25, 0.3) is 0 Å². The molecular formula is C18H20N2O. The average Bonchev–Trinajstić information content (AvgIpc) is 2.47. The number of benzene rings is 2. The topological polar surface area (TPSA) is 45.0 Å². The minimum Gasteiger partial charge on any atom is -0.495 e. The second-order valence-corrected chi connectivity index (χ2v) is 5.25. The Balaban J connectivity index is 2.27. The predicted octanol–water partition coefficient (Wildman–Crippen LogP) is 4.36. The van der Waals surface area contributed by atoms with Crippen molar-refractivity contribution in [3.05, 3.63) is 58.7 Å². The molecule has 0 saturated heterocycles. The molecule has 1 unspecified atom stereocenters. The maximum atomic E-state index is 8.94. The van der Waals surface area contributed by atoms with Gasteiger partial charge in [0.25, 0.3) is 0 Å². The van der Waals surface area contributed by atoms with E-state index in [0.29, 0.717) is 11.3 Å². The molecule has 108 valence electrons. The first-order valence-corrected chi connectivity index (χ1v) is 6.97. The standard InChI is InChI=1S/C18H20N2O/c1-12-5-7-16(13(2)9-12)14(3)20-17-8-6-15(11-19)10-18(17)21-4/h5-10,14,20H,1-4H3. The van der Waals surface area contributed by atoms with Gasteiger partial charge in [0, 0.05) is 12.1 Å². The van der Waals surface area contributed by atoms with E-state index in [4.69, 9.17) is 10.00 Å². The van der Waals surface area contributed by atoms with E-state index in [-0.39, 0.29) is 6.04 Å². The van der Waals surface area contributed by atoms with Gasteiger partial charge in [0.2, 0.25) is 0 Å². The molecule has 1 N–H and O–H groups in total. The Labute approximate surface area is 126 Å². The summed E-state index contributed by atoms with van der Waals surface area (Å²) >= 11 is 0. The van der Waals surface area contributed by atoms with Crippen LogP contribution in [0.15, 0.2) is 36.4 Å². The second-order valence-electron chi connectivity index (χ2n) is 5.25. The van der Waals surface area contributed by atoms with E-state index in [1.165, 1.54) is 16.7 Å². The largest absolute Gasteiger partial charge is 0.495 e. The fourth-order valence-electron chi connectivity index (χ4n) is 2.50. The lowest BCUT2D eigenvalue weighted by atomic mass is 10.00. The van der Waals surface area contributed by atoms with E-state index < -0.39 is 0 Å². The van der Waals surface area contributed by atoms with Gasteiger partial charge in [0.1, 0.15) is 5.75 Å². The van der Waals surface area contributed by atoms with Crippen molar-refractivity contribution in [2.24, 2.45) is 0 Å². The molecule has 2 aromatic rings. The molecule has 0 heterocycles.